The second-order valence-corrected chi connectivity index (χ2v) is 8.23. The van der Waals surface area contributed by atoms with E-state index >= 15 is 0 Å². The van der Waals surface area contributed by atoms with E-state index in [2.05, 4.69) is 10.6 Å². The molecular weight excluding hydrogens is 448 g/mol. The van der Waals surface area contributed by atoms with Crippen molar-refractivity contribution in [2.45, 2.75) is 63.2 Å². The lowest BCUT2D eigenvalue weighted by Gasteiger charge is -2.27. The highest BCUT2D eigenvalue weighted by atomic mass is 16.4. The van der Waals surface area contributed by atoms with Crippen LogP contribution in [0.15, 0.2) is 24.3 Å². The van der Waals surface area contributed by atoms with Crippen LogP contribution in [0.25, 0.3) is 0 Å². The summed E-state index contributed by atoms with van der Waals surface area (Å²) in [6.07, 6.45) is 0.420. The van der Waals surface area contributed by atoms with Crippen molar-refractivity contribution >= 4 is 29.7 Å². The maximum atomic E-state index is 13.0. The molecule has 3 amide bonds. The quantitative estimate of drug-likeness (QED) is 0.235. The van der Waals surface area contributed by atoms with Crippen molar-refractivity contribution in [2.75, 3.05) is 6.54 Å². The molecule has 2 rings (SSSR count). The highest BCUT2D eigenvalue weighted by molar-refractivity contribution is 5.94. The third kappa shape index (κ3) is 7.44. The van der Waals surface area contributed by atoms with Crippen molar-refractivity contribution in [1.29, 1.82) is 0 Å². The third-order valence-corrected chi connectivity index (χ3v) is 5.57. The van der Waals surface area contributed by atoms with E-state index in [1.807, 2.05) is 0 Å². The molecule has 1 saturated heterocycles. The van der Waals surface area contributed by atoms with E-state index in [1.165, 1.54) is 24.0 Å². The zero-order valence-electron chi connectivity index (χ0n) is 18.8. The van der Waals surface area contributed by atoms with Gasteiger partial charge in [-0.15, -0.1) is 0 Å². The highest BCUT2D eigenvalue weighted by Gasteiger charge is 2.37. The van der Waals surface area contributed by atoms with E-state index in [-0.39, 0.29) is 31.6 Å². The standard InChI is InChI=1S/C22H30N4O8/c1-12(21(32)26-10-2-3-17(26)22(33)34)24-20(31)16(11-13-4-6-14(27)7-5-13)25-19(30)15(23)8-9-18(28)29/h4-7,12,15-17,27H,2-3,8-11,23H2,1H3,(H,24,31)(H,25,30)(H,28,29)(H,33,34). The first-order chi connectivity index (χ1) is 16.0. The molecule has 1 aliphatic rings. The zero-order valence-corrected chi connectivity index (χ0v) is 18.8. The van der Waals surface area contributed by atoms with Crippen LogP contribution in [0.1, 0.15) is 38.2 Å². The summed E-state index contributed by atoms with van der Waals surface area (Å²) in [7, 11) is 0. The average molecular weight is 479 g/mol. The number of aromatic hydroxyl groups is 1. The topological polar surface area (TPSA) is 199 Å². The van der Waals surface area contributed by atoms with Crippen LogP contribution in [0.3, 0.4) is 0 Å². The van der Waals surface area contributed by atoms with Crippen LogP contribution in [-0.4, -0.2) is 80.6 Å². The van der Waals surface area contributed by atoms with Crippen LogP contribution >= 0.6 is 0 Å². The van der Waals surface area contributed by atoms with Gasteiger partial charge in [0.2, 0.25) is 17.7 Å². The second kappa shape index (κ2) is 12.0. The number of amides is 3. The van der Waals surface area contributed by atoms with Crippen molar-refractivity contribution in [3.05, 3.63) is 29.8 Å². The van der Waals surface area contributed by atoms with Crippen LogP contribution in [0.5, 0.6) is 5.75 Å². The molecular formula is C22H30N4O8. The van der Waals surface area contributed by atoms with E-state index in [1.54, 1.807) is 12.1 Å². The molecule has 4 unspecified atom stereocenters. The number of nitrogens with one attached hydrogen (secondary N) is 2. The Morgan fingerprint density at radius 1 is 1.09 bits per heavy atom. The summed E-state index contributed by atoms with van der Waals surface area (Å²) in [6, 6.07) is 1.62. The number of phenols is 1. The Balaban J connectivity index is 2.11. The minimum atomic E-state index is -1.16. The van der Waals surface area contributed by atoms with Crippen LogP contribution in [0, 0.1) is 0 Å². The molecule has 1 heterocycles. The molecule has 0 aliphatic carbocycles. The molecule has 0 radical (unpaired) electrons. The van der Waals surface area contributed by atoms with Gasteiger partial charge in [-0.2, -0.15) is 0 Å². The van der Waals surface area contributed by atoms with Gasteiger partial charge in [0.05, 0.1) is 6.04 Å². The SMILES string of the molecule is CC(NC(=O)C(Cc1ccc(O)cc1)NC(=O)C(N)CCC(=O)O)C(=O)N1CCCC1C(=O)O. The summed E-state index contributed by atoms with van der Waals surface area (Å²) < 4.78 is 0. The number of rotatable bonds is 11. The van der Waals surface area contributed by atoms with Crippen molar-refractivity contribution in [3.63, 3.8) is 0 Å². The summed E-state index contributed by atoms with van der Waals surface area (Å²) in [5.74, 6) is -4.19. The maximum Gasteiger partial charge on any atom is 0.326 e. The second-order valence-electron chi connectivity index (χ2n) is 8.23. The fourth-order valence-electron chi connectivity index (χ4n) is 3.68. The van der Waals surface area contributed by atoms with Crippen molar-refractivity contribution in [2.24, 2.45) is 5.73 Å². The van der Waals surface area contributed by atoms with Gasteiger partial charge in [-0.1, -0.05) is 12.1 Å². The summed E-state index contributed by atoms with van der Waals surface area (Å²) in [5, 5.41) is 32.6. The zero-order chi connectivity index (χ0) is 25.4. The number of carboxylic acid groups (broad SMARTS) is 2. The number of hydrogen-bond donors (Lipinski definition) is 6. The molecule has 0 aromatic heterocycles. The number of carbonyl (C=O) groups excluding carboxylic acids is 3. The molecule has 12 heteroatoms. The minimum absolute atomic E-state index is 0.00583. The van der Waals surface area contributed by atoms with Gasteiger partial charge in [0.15, 0.2) is 0 Å². The fourth-order valence-corrected chi connectivity index (χ4v) is 3.68. The van der Waals surface area contributed by atoms with Crippen molar-refractivity contribution in [3.8, 4) is 5.75 Å². The molecule has 7 N–H and O–H groups in total. The molecule has 12 nitrogen and oxygen atoms in total. The molecule has 0 bridgehead atoms. The average Bonchev–Trinajstić information content (AvgIpc) is 3.28. The Bertz CT molecular complexity index is 920. The van der Waals surface area contributed by atoms with Gasteiger partial charge < -0.3 is 36.6 Å². The van der Waals surface area contributed by atoms with E-state index in [9.17, 15) is 34.2 Å². The number of carbonyl (C=O) groups is 5. The van der Waals surface area contributed by atoms with Gasteiger partial charge in [0.25, 0.3) is 0 Å². The lowest BCUT2D eigenvalue weighted by molar-refractivity contribution is -0.149. The highest BCUT2D eigenvalue weighted by Crippen LogP contribution is 2.18. The molecule has 4 atom stereocenters. The number of hydrogen-bond acceptors (Lipinski definition) is 7. The Kier molecular flexibility index (Phi) is 9.36. The smallest absolute Gasteiger partial charge is 0.326 e. The molecule has 1 fully saturated rings. The Labute approximate surface area is 196 Å². The van der Waals surface area contributed by atoms with Crippen LogP contribution in [0.4, 0.5) is 0 Å². The fraction of sp³-hybridized carbons (Fsp3) is 0.500. The molecule has 0 saturated carbocycles. The van der Waals surface area contributed by atoms with Gasteiger partial charge in [-0.3, -0.25) is 19.2 Å². The number of nitrogens with zero attached hydrogens (tertiary/aromatic N) is 1. The maximum absolute atomic E-state index is 13.0. The first-order valence-corrected chi connectivity index (χ1v) is 10.9. The van der Waals surface area contributed by atoms with E-state index in [4.69, 9.17) is 10.8 Å². The predicted octanol–water partition coefficient (Wildman–Crippen LogP) is -0.808. The minimum Gasteiger partial charge on any atom is -0.508 e. The number of likely N-dealkylation sites (tertiary alicyclic amines) is 1. The number of nitrogens with two attached hydrogens (primary N) is 1. The predicted molar refractivity (Wildman–Crippen MR) is 119 cm³/mol. The number of phenolic OH excluding ortho intramolecular Hbond substituents is 1. The number of benzene rings is 1. The van der Waals surface area contributed by atoms with Crippen LogP contribution in [0.2, 0.25) is 0 Å². The largest absolute Gasteiger partial charge is 0.508 e. The lowest BCUT2D eigenvalue weighted by atomic mass is 10.0. The van der Waals surface area contributed by atoms with Gasteiger partial charge in [0, 0.05) is 19.4 Å². The summed E-state index contributed by atoms with van der Waals surface area (Å²) in [5.41, 5.74) is 6.35. The summed E-state index contributed by atoms with van der Waals surface area (Å²) >= 11 is 0. The van der Waals surface area contributed by atoms with Gasteiger partial charge in [-0.05, 0) is 43.9 Å². The van der Waals surface area contributed by atoms with Crippen molar-refractivity contribution < 1.29 is 39.3 Å². The van der Waals surface area contributed by atoms with Crippen LogP contribution in [-0.2, 0) is 30.4 Å². The first-order valence-electron chi connectivity index (χ1n) is 10.9. The third-order valence-electron chi connectivity index (χ3n) is 5.57. The molecule has 0 spiro atoms. The molecule has 186 valence electrons. The van der Waals surface area contributed by atoms with Gasteiger partial charge in [-0.25, -0.2) is 4.79 Å². The Morgan fingerprint density at radius 2 is 1.74 bits per heavy atom. The van der Waals surface area contributed by atoms with E-state index in [0.29, 0.717) is 18.4 Å². The lowest BCUT2D eigenvalue weighted by Crippen LogP contribution is -2.57. The number of carboxylic acids is 2. The van der Waals surface area contributed by atoms with E-state index in [0.717, 1.165) is 0 Å². The molecule has 1 aliphatic heterocycles. The first kappa shape index (κ1) is 26.6. The van der Waals surface area contributed by atoms with Gasteiger partial charge in [0.1, 0.15) is 23.9 Å². The van der Waals surface area contributed by atoms with E-state index < -0.39 is 53.8 Å². The molecule has 34 heavy (non-hydrogen) atoms. The molecule has 1 aromatic carbocycles. The van der Waals surface area contributed by atoms with Crippen LogP contribution < -0.4 is 16.4 Å². The Hall–Kier alpha value is -3.67. The molecule has 1 aromatic rings. The monoisotopic (exact) mass is 478 g/mol. The normalized spacial score (nSPS) is 17.9. The van der Waals surface area contributed by atoms with Gasteiger partial charge >= 0.3 is 11.9 Å². The summed E-state index contributed by atoms with van der Waals surface area (Å²) in [4.78, 5) is 61.5. The Morgan fingerprint density at radius 3 is 2.32 bits per heavy atom. The number of aliphatic carboxylic acids is 2. The van der Waals surface area contributed by atoms with Crippen molar-refractivity contribution in [1.82, 2.24) is 15.5 Å². The summed E-state index contributed by atoms with van der Waals surface area (Å²) in [6.45, 7) is 1.69.